The van der Waals surface area contributed by atoms with E-state index in [1.807, 2.05) is 32.0 Å². The number of rotatable bonds is 3. The molecule has 1 aliphatic rings. The third-order valence-corrected chi connectivity index (χ3v) is 4.41. The summed E-state index contributed by atoms with van der Waals surface area (Å²) in [5.41, 5.74) is 3.40. The lowest BCUT2D eigenvalue weighted by Crippen LogP contribution is -2.54. The molecule has 3 rings (SSSR count). The molecule has 132 valence electrons. The predicted octanol–water partition coefficient (Wildman–Crippen LogP) is 3.14. The molecule has 1 saturated heterocycles. The van der Waals surface area contributed by atoms with Crippen molar-refractivity contribution in [3.63, 3.8) is 0 Å². The Morgan fingerprint density at radius 2 is 1.77 bits per heavy atom. The molecule has 0 unspecified atom stereocenters. The van der Waals surface area contributed by atoms with Crippen molar-refractivity contribution in [2.24, 2.45) is 0 Å². The second-order valence-electron chi connectivity index (χ2n) is 6.02. The Labute approximate surface area is 157 Å². The van der Waals surface area contributed by atoms with Crippen LogP contribution >= 0.6 is 12.2 Å². The first-order chi connectivity index (χ1) is 12.4. The fourth-order valence-corrected chi connectivity index (χ4v) is 3.07. The number of amides is 2. The van der Waals surface area contributed by atoms with Crippen LogP contribution in [0.5, 0.6) is 5.75 Å². The molecule has 0 aliphatic carbocycles. The van der Waals surface area contributed by atoms with Gasteiger partial charge in [0.25, 0.3) is 11.8 Å². The summed E-state index contributed by atoms with van der Waals surface area (Å²) < 4.78 is 5.12. The van der Waals surface area contributed by atoms with Gasteiger partial charge in [-0.15, -0.1) is 0 Å². The van der Waals surface area contributed by atoms with Gasteiger partial charge in [-0.2, -0.15) is 0 Å². The number of ether oxygens (including phenoxy) is 1. The maximum absolute atomic E-state index is 13.0. The Morgan fingerprint density at radius 1 is 1.08 bits per heavy atom. The molecule has 1 N–H and O–H groups in total. The van der Waals surface area contributed by atoms with Crippen molar-refractivity contribution >= 4 is 40.9 Å². The average Bonchev–Trinajstić information content (AvgIpc) is 2.61. The van der Waals surface area contributed by atoms with Crippen LogP contribution in [-0.2, 0) is 9.59 Å². The number of benzene rings is 2. The molecular formula is C20H18N2O3S. The van der Waals surface area contributed by atoms with E-state index in [1.54, 1.807) is 37.5 Å². The van der Waals surface area contributed by atoms with E-state index >= 15 is 0 Å². The molecule has 0 saturated carbocycles. The summed E-state index contributed by atoms with van der Waals surface area (Å²) in [5.74, 6) is -0.247. The summed E-state index contributed by atoms with van der Waals surface area (Å²) in [7, 11) is 1.58. The molecule has 0 atom stereocenters. The monoisotopic (exact) mass is 366 g/mol. The van der Waals surface area contributed by atoms with Gasteiger partial charge in [-0.3, -0.25) is 19.8 Å². The first-order valence-corrected chi connectivity index (χ1v) is 8.44. The van der Waals surface area contributed by atoms with E-state index in [0.29, 0.717) is 11.4 Å². The average molecular weight is 366 g/mol. The van der Waals surface area contributed by atoms with Gasteiger partial charge in [0.15, 0.2) is 5.11 Å². The number of aryl methyl sites for hydroxylation is 2. The first-order valence-electron chi connectivity index (χ1n) is 8.03. The Bertz CT molecular complexity index is 933. The van der Waals surface area contributed by atoms with Crippen LogP contribution in [-0.4, -0.2) is 24.0 Å². The molecule has 2 aromatic carbocycles. The number of nitrogens with one attached hydrogen (secondary N) is 1. The summed E-state index contributed by atoms with van der Waals surface area (Å²) in [4.78, 5) is 26.7. The minimum absolute atomic E-state index is 0.0312. The van der Waals surface area contributed by atoms with E-state index in [2.05, 4.69) is 5.32 Å². The molecule has 2 amide bonds. The predicted molar refractivity (Wildman–Crippen MR) is 105 cm³/mol. The standard InChI is InChI=1S/C20H18N2O3S/c1-12-4-9-17(13(2)10-12)22-19(24)16(18(23)21-20(22)26)11-14-5-7-15(25-3)8-6-14/h4-11H,1-3H3,(H,21,23,26)/b16-11+. The van der Waals surface area contributed by atoms with Gasteiger partial charge in [-0.05, 0) is 61.5 Å². The van der Waals surface area contributed by atoms with E-state index in [-0.39, 0.29) is 10.7 Å². The van der Waals surface area contributed by atoms with Crippen LogP contribution < -0.4 is 15.0 Å². The fraction of sp³-hybridized carbons (Fsp3) is 0.150. The quantitative estimate of drug-likeness (QED) is 0.515. The molecule has 1 aliphatic heterocycles. The maximum Gasteiger partial charge on any atom is 0.270 e. The number of thiocarbonyl (C=S) groups is 1. The van der Waals surface area contributed by atoms with Gasteiger partial charge in [-0.25, -0.2) is 0 Å². The number of hydrogen-bond donors (Lipinski definition) is 1. The normalized spacial score (nSPS) is 16.0. The first kappa shape index (κ1) is 17.8. The Hall–Kier alpha value is -2.99. The molecule has 2 aromatic rings. The SMILES string of the molecule is COc1ccc(/C=C2\C(=O)NC(=S)N(c3ccc(C)cc3C)C2=O)cc1. The van der Waals surface area contributed by atoms with Gasteiger partial charge >= 0.3 is 0 Å². The zero-order valence-corrected chi connectivity index (χ0v) is 15.5. The summed E-state index contributed by atoms with van der Waals surface area (Å²) >= 11 is 5.24. The lowest BCUT2D eigenvalue weighted by Gasteiger charge is -2.30. The van der Waals surface area contributed by atoms with E-state index < -0.39 is 11.8 Å². The van der Waals surface area contributed by atoms with Crippen molar-refractivity contribution in [1.82, 2.24) is 5.32 Å². The Balaban J connectivity index is 2.01. The van der Waals surface area contributed by atoms with Crippen LogP contribution in [0, 0.1) is 13.8 Å². The molecule has 6 heteroatoms. The van der Waals surface area contributed by atoms with Crippen molar-refractivity contribution in [3.05, 3.63) is 64.7 Å². The summed E-state index contributed by atoms with van der Waals surface area (Å²) in [6.45, 7) is 3.88. The van der Waals surface area contributed by atoms with Crippen molar-refractivity contribution < 1.29 is 14.3 Å². The van der Waals surface area contributed by atoms with Crippen LogP contribution in [0.15, 0.2) is 48.0 Å². The molecule has 26 heavy (non-hydrogen) atoms. The lowest BCUT2D eigenvalue weighted by atomic mass is 10.0. The smallest absolute Gasteiger partial charge is 0.270 e. The van der Waals surface area contributed by atoms with Crippen LogP contribution in [0.3, 0.4) is 0 Å². The van der Waals surface area contributed by atoms with Gasteiger partial charge in [0, 0.05) is 0 Å². The van der Waals surface area contributed by atoms with Crippen molar-refractivity contribution in [2.45, 2.75) is 13.8 Å². The highest BCUT2D eigenvalue weighted by molar-refractivity contribution is 7.80. The third-order valence-electron chi connectivity index (χ3n) is 4.12. The lowest BCUT2D eigenvalue weighted by molar-refractivity contribution is -0.122. The van der Waals surface area contributed by atoms with Gasteiger partial charge in [0.05, 0.1) is 12.8 Å². The van der Waals surface area contributed by atoms with E-state index in [4.69, 9.17) is 17.0 Å². The van der Waals surface area contributed by atoms with Gasteiger partial charge < -0.3 is 4.74 Å². The number of hydrogen-bond acceptors (Lipinski definition) is 4. The zero-order valence-electron chi connectivity index (χ0n) is 14.7. The van der Waals surface area contributed by atoms with Crippen LogP contribution in [0.4, 0.5) is 5.69 Å². The van der Waals surface area contributed by atoms with Gasteiger partial charge in [0.2, 0.25) is 0 Å². The summed E-state index contributed by atoms with van der Waals surface area (Å²) in [5, 5.41) is 2.68. The second kappa shape index (κ2) is 7.09. The minimum atomic E-state index is -0.503. The highest BCUT2D eigenvalue weighted by Gasteiger charge is 2.35. The number of anilines is 1. The zero-order chi connectivity index (χ0) is 18.8. The summed E-state index contributed by atoms with van der Waals surface area (Å²) in [6, 6.07) is 12.8. The third kappa shape index (κ3) is 3.36. The molecule has 0 aromatic heterocycles. The van der Waals surface area contributed by atoms with Crippen LogP contribution in [0.1, 0.15) is 16.7 Å². The Kier molecular flexibility index (Phi) is 4.86. The second-order valence-corrected chi connectivity index (χ2v) is 6.41. The fourth-order valence-electron chi connectivity index (χ4n) is 2.80. The number of carbonyl (C=O) groups excluding carboxylic acids is 2. The molecule has 1 fully saturated rings. The van der Waals surface area contributed by atoms with Gasteiger partial charge in [-0.1, -0.05) is 29.8 Å². The molecule has 0 radical (unpaired) electrons. The number of carbonyl (C=O) groups is 2. The largest absolute Gasteiger partial charge is 0.497 e. The Morgan fingerprint density at radius 3 is 2.38 bits per heavy atom. The number of methoxy groups -OCH3 is 1. The highest BCUT2D eigenvalue weighted by Crippen LogP contribution is 2.26. The van der Waals surface area contributed by atoms with Crippen LogP contribution in [0.2, 0.25) is 0 Å². The van der Waals surface area contributed by atoms with Crippen LogP contribution in [0.25, 0.3) is 6.08 Å². The molecule has 5 nitrogen and oxygen atoms in total. The molecule has 1 heterocycles. The van der Waals surface area contributed by atoms with Gasteiger partial charge in [0.1, 0.15) is 11.3 Å². The molecular weight excluding hydrogens is 348 g/mol. The minimum Gasteiger partial charge on any atom is -0.497 e. The van der Waals surface area contributed by atoms with Crippen molar-refractivity contribution in [2.75, 3.05) is 12.0 Å². The van der Waals surface area contributed by atoms with E-state index in [1.165, 1.54) is 4.90 Å². The van der Waals surface area contributed by atoms with E-state index in [0.717, 1.165) is 16.7 Å². The summed E-state index contributed by atoms with van der Waals surface area (Å²) in [6.07, 6.45) is 1.55. The maximum atomic E-state index is 13.0. The highest BCUT2D eigenvalue weighted by atomic mass is 32.1. The van der Waals surface area contributed by atoms with Crippen molar-refractivity contribution in [1.29, 1.82) is 0 Å². The van der Waals surface area contributed by atoms with Crippen molar-refractivity contribution in [3.8, 4) is 5.75 Å². The molecule has 0 bridgehead atoms. The topological polar surface area (TPSA) is 58.6 Å². The number of nitrogens with zero attached hydrogens (tertiary/aromatic N) is 1. The van der Waals surface area contributed by atoms with E-state index in [9.17, 15) is 9.59 Å². The molecule has 0 spiro atoms.